The molecular weight excluding hydrogens is 306 g/mol. The fraction of sp³-hybridized carbons (Fsp3) is 0.235. The molecule has 7 heteroatoms. The second kappa shape index (κ2) is 6.19. The van der Waals surface area contributed by atoms with Gasteiger partial charge in [0.05, 0.1) is 18.9 Å². The molecule has 0 N–H and O–H groups in total. The number of benzene rings is 1. The molecule has 1 unspecified atom stereocenters. The maximum Gasteiger partial charge on any atom is 0.173 e. The van der Waals surface area contributed by atoms with Gasteiger partial charge in [-0.05, 0) is 18.2 Å². The summed E-state index contributed by atoms with van der Waals surface area (Å²) in [7, 11) is 1.96. The highest BCUT2D eigenvalue weighted by Gasteiger charge is 2.22. The van der Waals surface area contributed by atoms with Crippen LogP contribution in [0.15, 0.2) is 55.1 Å². The molecule has 1 atom stereocenters. The first kappa shape index (κ1) is 14.5. The number of rotatable bonds is 4. The summed E-state index contributed by atoms with van der Waals surface area (Å²) < 4.78 is 13.4. The number of hydrogen-bond donors (Lipinski definition) is 0. The smallest absolute Gasteiger partial charge is 0.173 e. The summed E-state index contributed by atoms with van der Waals surface area (Å²) in [4.78, 5) is 10.8. The van der Waals surface area contributed by atoms with Crippen molar-refractivity contribution in [1.82, 2.24) is 19.7 Å². The van der Waals surface area contributed by atoms with E-state index in [-0.39, 0.29) is 6.10 Å². The summed E-state index contributed by atoms with van der Waals surface area (Å²) >= 11 is 0. The Labute approximate surface area is 139 Å². The molecule has 1 aliphatic rings. The van der Waals surface area contributed by atoms with Crippen LogP contribution in [0.3, 0.4) is 0 Å². The molecule has 0 fully saturated rings. The zero-order chi connectivity index (χ0) is 16.4. The molecule has 1 aromatic carbocycles. The van der Waals surface area contributed by atoms with E-state index in [0.29, 0.717) is 19.0 Å². The molecule has 2 aromatic heterocycles. The van der Waals surface area contributed by atoms with E-state index >= 15 is 0 Å². The number of ether oxygens (including phenoxy) is 2. The van der Waals surface area contributed by atoms with E-state index in [2.05, 4.69) is 15.1 Å². The highest BCUT2D eigenvalue weighted by atomic mass is 16.6. The van der Waals surface area contributed by atoms with E-state index in [1.54, 1.807) is 23.3 Å². The SMILES string of the molecule is CN(CC1COc2ccccc2O1)c1cncc(-n2cccn2)n1. The van der Waals surface area contributed by atoms with Gasteiger partial charge in [-0.15, -0.1) is 0 Å². The fourth-order valence-electron chi connectivity index (χ4n) is 2.60. The van der Waals surface area contributed by atoms with Crippen molar-refractivity contribution in [2.24, 2.45) is 0 Å². The van der Waals surface area contributed by atoms with Crippen molar-refractivity contribution in [3.63, 3.8) is 0 Å². The van der Waals surface area contributed by atoms with Crippen LogP contribution in [-0.4, -0.2) is 46.1 Å². The van der Waals surface area contributed by atoms with Crippen molar-refractivity contribution in [3.05, 3.63) is 55.1 Å². The van der Waals surface area contributed by atoms with Gasteiger partial charge in [-0.3, -0.25) is 4.98 Å². The Morgan fingerprint density at radius 1 is 1.21 bits per heavy atom. The Bertz CT molecular complexity index is 821. The minimum atomic E-state index is -0.0694. The van der Waals surface area contributed by atoms with Gasteiger partial charge in [0.2, 0.25) is 0 Å². The van der Waals surface area contributed by atoms with Gasteiger partial charge in [0, 0.05) is 19.4 Å². The summed E-state index contributed by atoms with van der Waals surface area (Å²) in [6.45, 7) is 1.15. The van der Waals surface area contributed by atoms with Gasteiger partial charge in [-0.2, -0.15) is 5.10 Å². The molecule has 122 valence electrons. The van der Waals surface area contributed by atoms with Crippen molar-refractivity contribution in [2.45, 2.75) is 6.10 Å². The van der Waals surface area contributed by atoms with Crippen LogP contribution in [0.4, 0.5) is 5.82 Å². The lowest BCUT2D eigenvalue weighted by Gasteiger charge is -2.30. The van der Waals surface area contributed by atoms with Crippen LogP contribution in [0, 0.1) is 0 Å². The summed E-state index contributed by atoms with van der Waals surface area (Å²) in [5.41, 5.74) is 0. The number of fused-ring (bicyclic) bond motifs is 1. The van der Waals surface area contributed by atoms with Crippen molar-refractivity contribution < 1.29 is 9.47 Å². The third-order valence-corrected chi connectivity index (χ3v) is 3.78. The van der Waals surface area contributed by atoms with Gasteiger partial charge >= 0.3 is 0 Å². The Morgan fingerprint density at radius 2 is 2.08 bits per heavy atom. The second-order valence-corrected chi connectivity index (χ2v) is 5.56. The second-order valence-electron chi connectivity index (χ2n) is 5.56. The van der Waals surface area contributed by atoms with Crippen LogP contribution in [0.5, 0.6) is 11.5 Å². The predicted molar refractivity (Wildman–Crippen MR) is 88.8 cm³/mol. The monoisotopic (exact) mass is 323 g/mol. The molecule has 0 spiro atoms. The normalized spacial score (nSPS) is 16.0. The molecule has 0 saturated carbocycles. The summed E-state index contributed by atoms with van der Waals surface area (Å²) in [6, 6.07) is 9.55. The molecule has 7 nitrogen and oxygen atoms in total. The Balaban J connectivity index is 1.47. The highest BCUT2D eigenvalue weighted by molar-refractivity contribution is 5.42. The zero-order valence-electron chi connectivity index (χ0n) is 13.2. The van der Waals surface area contributed by atoms with E-state index in [1.165, 1.54) is 0 Å². The van der Waals surface area contributed by atoms with Crippen LogP contribution >= 0.6 is 0 Å². The molecule has 0 bridgehead atoms. The quantitative estimate of drug-likeness (QED) is 0.731. The lowest BCUT2D eigenvalue weighted by atomic mass is 10.2. The maximum atomic E-state index is 5.99. The molecule has 24 heavy (non-hydrogen) atoms. The van der Waals surface area contributed by atoms with E-state index in [9.17, 15) is 0 Å². The zero-order valence-corrected chi connectivity index (χ0v) is 13.2. The molecule has 4 rings (SSSR count). The topological polar surface area (TPSA) is 65.3 Å². The number of anilines is 1. The van der Waals surface area contributed by atoms with Crippen LogP contribution in [0.1, 0.15) is 0 Å². The average Bonchev–Trinajstić information content (AvgIpc) is 3.16. The van der Waals surface area contributed by atoms with Crippen LogP contribution in [0.25, 0.3) is 5.82 Å². The molecule has 3 aromatic rings. The summed E-state index contributed by atoms with van der Waals surface area (Å²) in [6.07, 6.45) is 6.89. The minimum absolute atomic E-state index is 0.0694. The number of aromatic nitrogens is 4. The molecule has 1 aliphatic heterocycles. The third kappa shape index (κ3) is 2.88. The lowest BCUT2D eigenvalue weighted by Crippen LogP contribution is -2.39. The number of likely N-dealkylation sites (N-methyl/N-ethyl adjacent to an activating group) is 1. The summed E-state index contributed by atoms with van der Waals surface area (Å²) in [5.74, 6) is 3.00. The van der Waals surface area contributed by atoms with Crippen LogP contribution in [0.2, 0.25) is 0 Å². The minimum Gasteiger partial charge on any atom is -0.486 e. The van der Waals surface area contributed by atoms with Crippen molar-refractivity contribution in [2.75, 3.05) is 25.1 Å². The van der Waals surface area contributed by atoms with Crippen LogP contribution < -0.4 is 14.4 Å². The van der Waals surface area contributed by atoms with Crippen molar-refractivity contribution in [3.8, 4) is 17.3 Å². The predicted octanol–water partition coefficient (Wildman–Crippen LogP) is 1.94. The van der Waals surface area contributed by atoms with Crippen molar-refractivity contribution >= 4 is 5.82 Å². The molecule has 0 amide bonds. The first-order chi connectivity index (χ1) is 11.8. The molecule has 3 heterocycles. The fourth-order valence-corrected chi connectivity index (χ4v) is 2.60. The first-order valence-corrected chi connectivity index (χ1v) is 7.71. The van der Waals surface area contributed by atoms with Crippen molar-refractivity contribution in [1.29, 1.82) is 0 Å². The average molecular weight is 323 g/mol. The number of para-hydroxylation sites is 2. The Morgan fingerprint density at radius 3 is 2.92 bits per heavy atom. The maximum absolute atomic E-state index is 5.99. The molecule has 0 saturated heterocycles. The van der Waals surface area contributed by atoms with Gasteiger partial charge in [0.1, 0.15) is 12.4 Å². The van der Waals surface area contributed by atoms with Gasteiger partial charge in [0.25, 0.3) is 0 Å². The lowest BCUT2D eigenvalue weighted by molar-refractivity contribution is 0.0959. The Hall–Kier alpha value is -3.09. The van der Waals surface area contributed by atoms with Crippen LogP contribution in [-0.2, 0) is 0 Å². The van der Waals surface area contributed by atoms with E-state index in [1.807, 2.05) is 48.5 Å². The standard InChI is InChI=1S/C17H17N5O2/c1-21(11-13-12-23-14-5-2-3-6-15(14)24-13)16-9-18-10-17(20-16)22-8-4-7-19-22/h2-10,13H,11-12H2,1H3. The Kier molecular flexibility index (Phi) is 3.74. The van der Waals surface area contributed by atoms with Gasteiger partial charge in [-0.25, -0.2) is 9.67 Å². The molecule has 0 aliphatic carbocycles. The number of nitrogens with zero attached hydrogens (tertiary/aromatic N) is 5. The van der Waals surface area contributed by atoms with Gasteiger partial charge < -0.3 is 14.4 Å². The molecular formula is C17H17N5O2. The van der Waals surface area contributed by atoms with Gasteiger partial charge in [-0.1, -0.05) is 12.1 Å². The number of hydrogen-bond acceptors (Lipinski definition) is 6. The molecule has 0 radical (unpaired) electrons. The van der Waals surface area contributed by atoms with E-state index in [4.69, 9.17) is 9.47 Å². The van der Waals surface area contributed by atoms with Gasteiger partial charge in [0.15, 0.2) is 23.4 Å². The van der Waals surface area contributed by atoms with E-state index < -0.39 is 0 Å². The first-order valence-electron chi connectivity index (χ1n) is 7.71. The largest absolute Gasteiger partial charge is 0.486 e. The third-order valence-electron chi connectivity index (χ3n) is 3.78. The summed E-state index contributed by atoms with van der Waals surface area (Å²) in [5, 5.41) is 4.18. The highest BCUT2D eigenvalue weighted by Crippen LogP contribution is 2.31. The van der Waals surface area contributed by atoms with E-state index in [0.717, 1.165) is 17.3 Å².